The molecule has 1 aromatic carbocycles. The smallest absolute Gasteiger partial charge is 0.260 e. The molecule has 2 aliphatic carbocycles. The van der Waals surface area contributed by atoms with Crippen molar-refractivity contribution in [2.24, 2.45) is 16.7 Å². The number of benzene rings is 1. The van der Waals surface area contributed by atoms with Crippen molar-refractivity contribution in [2.45, 2.75) is 39.2 Å². The molecular formula is C19H21F2NO3S. The van der Waals surface area contributed by atoms with Gasteiger partial charge in [-0.3, -0.25) is 4.79 Å². The van der Waals surface area contributed by atoms with Gasteiger partial charge >= 0.3 is 0 Å². The fourth-order valence-corrected chi connectivity index (χ4v) is 7.95. The Bertz CT molecular complexity index is 925. The van der Waals surface area contributed by atoms with Gasteiger partial charge in [-0.2, -0.15) is 0 Å². The molecule has 2 saturated carbocycles. The van der Waals surface area contributed by atoms with E-state index in [1.165, 1.54) is 12.1 Å². The third-order valence-corrected chi connectivity index (χ3v) is 8.90. The number of halogens is 2. The summed E-state index contributed by atoms with van der Waals surface area (Å²) in [6, 6.07) is 2.98. The van der Waals surface area contributed by atoms with E-state index >= 15 is 0 Å². The molecule has 0 N–H and O–H groups in total. The van der Waals surface area contributed by atoms with Crippen LogP contribution in [0, 0.1) is 28.4 Å². The Morgan fingerprint density at radius 2 is 2.00 bits per heavy atom. The van der Waals surface area contributed by atoms with Gasteiger partial charge < -0.3 is 0 Å². The second kappa shape index (κ2) is 5.38. The van der Waals surface area contributed by atoms with E-state index < -0.39 is 27.6 Å². The van der Waals surface area contributed by atoms with Crippen LogP contribution in [0.4, 0.5) is 8.78 Å². The standard InChI is InChI=1S/C19H21F2NO3S/c1-18(2)13-7-8-19(18)11-26(24,25)22(16(19)10-13)17(23)6-4-12-3-5-14(20)15(21)9-12/h3-6,9,13,16H,7-8,10-11H2,1-2H3/t13-,16+,19+/m0/s1. The summed E-state index contributed by atoms with van der Waals surface area (Å²) in [5.41, 5.74) is -0.178. The Hall–Kier alpha value is -1.76. The lowest BCUT2D eigenvalue weighted by Gasteiger charge is -2.36. The maximum absolute atomic E-state index is 13.3. The van der Waals surface area contributed by atoms with Gasteiger partial charge in [-0.25, -0.2) is 21.5 Å². The minimum Gasteiger partial charge on any atom is -0.269 e. The monoisotopic (exact) mass is 381 g/mol. The summed E-state index contributed by atoms with van der Waals surface area (Å²) in [7, 11) is -3.68. The lowest BCUT2D eigenvalue weighted by molar-refractivity contribution is -0.123. The van der Waals surface area contributed by atoms with Gasteiger partial charge in [-0.05, 0) is 54.4 Å². The van der Waals surface area contributed by atoms with Crippen molar-refractivity contribution < 1.29 is 22.0 Å². The molecule has 1 amide bonds. The SMILES string of the molecule is CC1(C)[C@H]2CC[C@]13CS(=O)(=O)N(C(=O)C=Cc1ccc(F)c(F)c1)[C@@H]3C2. The number of amides is 1. The average Bonchev–Trinajstić information content (AvgIpc) is 3.03. The Balaban J connectivity index is 1.64. The maximum Gasteiger partial charge on any atom is 0.260 e. The van der Waals surface area contributed by atoms with E-state index in [-0.39, 0.29) is 22.6 Å². The molecule has 1 heterocycles. The van der Waals surface area contributed by atoms with E-state index in [1.54, 1.807) is 0 Å². The van der Waals surface area contributed by atoms with Gasteiger partial charge in [0.2, 0.25) is 10.0 Å². The quantitative estimate of drug-likeness (QED) is 0.739. The number of nitrogens with zero attached hydrogens (tertiary/aromatic N) is 1. The van der Waals surface area contributed by atoms with Gasteiger partial charge in [0.05, 0.1) is 11.8 Å². The Morgan fingerprint density at radius 3 is 2.65 bits per heavy atom. The largest absolute Gasteiger partial charge is 0.269 e. The summed E-state index contributed by atoms with van der Waals surface area (Å²) in [5, 5.41) is 0. The minimum absolute atomic E-state index is 0.0128. The summed E-state index contributed by atoms with van der Waals surface area (Å²) in [5.74, 6) is -2.16. The molecule has 26 heavy (non-hydrogen) atoms. The highest BCUT2D eigenvalue weighted by molar-refractivity contribution is 7.90. The Labute approximate surface area is 151 Å². The summed E-state index contributed by atoms with van der Waals surface area (Å²) < 4.78 is 52.9. The van der Waals surface area contributed by atoms with Gasteiger partial charge in [-0.15, -0.1) is 0 Å². The first-order valence-corrected chi connectivity index (χ1v) is 10.4. The number of rotatable bonds is 2. The molecule has 2 bridgehead atoms. The van der Waals surface area contributed by atoms with Crippen LogP contribution < -0.4 is 0 Å². The first-order chi connectivity index (χ1) is 12.1. The predicted octanol–water partition coefficient (Wildman–Crippen LogP) is 3.34. The van der Waals surface area contributed by atoms with E-state index in [9.17, 15) is 22.0 Å². The minimum atomic E-state index is -3.68. The van der Waals surface area contributed by atoms with Crippen molar-refractivity contribution in [1.82, 2.24) is 4.31 Å². The molecular weight excluding hydrogens is 360 g/mol. The zero-order chi connectivity index (χ0) is 18.9. The number of carbonyl (C=O) groups excluding carboxylic acids is 1. The van der Waals surface area contributed by atoms with Crippen molar-refractivity contribution in [3.05, 3.63) is 41.5 Å². The second-order valence-corrected chi connectivity index (χ2v) is 10.1. The van der Waals surface area contributed by atoms with Gasteiger partial charge in [0, 0.05) is 11.5 Å². The molecule has 3 fully saturated rings. The predicted molar refractivity (Wildman–Crippen MR) is 93.4 cm³/mol. The molecule has 7 heteroatoms. The molecule has 3 atom stereocenters. The summed E-state index contributed by atoms with van der Waals surface area (Å²) >= 11 is 0. The van der Waals surface area contributed by atoms with E-state index in [1.807, 2.05) is 0 Å². The van der Waals surface area contributed by atoms with Crippen LogP contribution in [-0.4, -0.2) is 30.4 Å². The third-order valence-electron chi connectivity index (χ3n) is 6.99. The molecule has 3 aliphatic rings. The zero-order valence-electron chi connectivity index (χ0n) is 14.7. The average molecular weight is 381 g/mol. The molecule has 0 unspecified atom stereocenters. The summed E-state index contributed by atoms with van der Waals surface area (Å²) in [4.78, 5) is 12.7. The van der Waals surface area contributed by atoms with Gasteiger partial charge in [0.1, 0.15) is 0 Å². The highest BCUT2D eigenvalue weighted by Crippen LogP contribution is 2.69. The van der Waals surface area contributed by atoms with Crippen molar-refractivity contribution in [3.63, 3.8) is 0 Å². The highest BCUT2D eigenvalue weighted by Gasteiger charge is 2.72. The zero-order valence-corrected chi connectivity index (χ0v) is 15.5. The molecule has 1 spiro atoms. The Morgan fingerprint density at radius 1 is 1.27 bits per heavy atom. The van der Waals surface area contributed by atoms with Crippen molar-refractivity contribution in [3.8, 4) is 0 Å². The fourth-order valence-electron chi connectivity index (χ4n) is 5.44. The van der Waals surface area contributed by atoms with E-state index in [0.717, 1.165) is 35.4 Å². The van der Waals surface area contributed by atoms with Crippen LogP contribution in [0.1, 0.15) is 38.7 Å². The van der Waals surface area contributed by atoms with Gasteiger partial charge in [0.25, 0.3) is 5.91 Å². The van der Waals surface area contributed by atoms with E-state index in [0.29, 0.717) is 17.9 Å². The molecule has 4 nitrogen and oxygen atoms in total. The van der Waals surface area contributed by atoms with Crippen LogP contribution in [0.15, 0.2) is 24.3 Å². The number of fused-ring (bicyclic) bond motifs is 1. The molecule has 1 aliphatic heterocycles. The fraction of sp³-hybridized carbons (Fsp3) is 0.526. The van der Waals surface area contributed by atoms with Gasteiger partial charge in [-0.1, -0.05) is 19.9 Å². The number of hydrogen-bond donors (Lipinski definition) is 0. The molecule has 4 rings (SSSR count). The van der Waals surface area contributed by atoms with Crippen LogP contribution >= 0.6 is 0 Å². The summed E-state index contributed by atoms with van der Waals surface area (Å²) in [6.07, 6.45) is 5.00. The maximum atomic E-state index is 13.3. The summed E-state index contributed by atoms with van der Waals surface area (Å²) in [6.45, 7) is 4.23. The molecule has 0 radical (unpaired) electrons. The molecule has 1 saturated heterocycles. The van der Waals surface area contributed by atoms with Gasteiger partial charge in [0.15, 0.2) is 11.6 Å². The first kappa shape index (κ1) is 17.6. The lowest BCUT2D eigenvalue weighted by atomic mass is 9.69. The topological polar surface area (TPSA) is 54.5 Å². The first-order valence-electron chi connectivity index (χ1n) is 8.78. The van der Waals surface area contributed by atoms with Crippen molar-refractivity contribution in [1.29, 1.82) is 0 Å². The van der Waals surface area contributed by atoms with Crippen LogP contribution in [0.3, 0.4) is 0 Å². The number of carbonyl (C=O) groups is 1. The molecule has 1 aromatic rings. The third kappa shape index (κ3) is 2.22. The number of hydrogen-bond acceptors (Lipinski definition) is 3. The van der Waals surface area contributed by atoms with Crippen LogP contribution in [-0.2, 0) is 14.8 Å². The highest BCUT2D eigenvalue weighted by atomic mass is 32.2. The van der Waals surface area contributed by atoms with E-state index in [2.05, 4.69) is 13.8 Å². The molecule has 0 aromatic heterocycles. The van der Waals surface area contributed by atoms with Crippen LogP contribution in [0.25, 0.3) is 6.08 Å². The molecule has 140 valence electrons. The van der Waals surface area contributed by atoms with Crippen molar-refractivity contribution >= 4 is 22.0 Å². The lowest BCUT2D eigenvalue weighted by Crippen LogP contribution is -2.43. The van der Waals surface area contributed by atoms with Crippen molar-refractivity contribution in [2.75, 3.05) is 5.75 Å². The second-order valence-electron chi connectivity index (χ2n) is 8.26. The van der Waals surface area contributed by atoms with E-state index in [4.69, 9.17) is 0 Å². The normalized spacial score (nSPS) is 33.8. The van der Waals surface area contributed by atoms with Crippen LogP contribution in [0.5, 0.6) is 0 Å². The Kier molecular flexibility index (Phi) is 3.65. The van der Waals surface area contributed by atoms with Crippen LogP contribution in [0.2, 0.25) is 0 Å². The number of sulfonamides is 1.